The fourth-order valence-electron chi connectivity index (χ4n) is 2.04. The topological polar surface area (TPSA) is 12.5 Å². The minimum Gasteiger partial charge on any atom is -0.381 e. The zero-order chi connectivity index (χ0) is 12.8. The summed E-state index contributed by atoms with van der Waals surface area (Å²) >= 11 is 0. The van der Waals surface area contributed by atoms with Crippen LogP contribution in [-0.2, 0) is 4.74 Å². The molecule has 0 bridgehead atoms. The van der Waals surface area contributed by atoms with E-state index < -0.39 is 0 Å². The lowest BCUT2D eigenvalue weighted by Crippen LogP contribution is -2.46. The van der Waals surface area contributed by atoms with Crippen LogP contribution in [0.3, 0.4) is 0 Å². The molecule has 0 N–H and O–H groups in total. The number of hydrogen-bond acceptors (Lipinski definition) is 2. The Morgan fingerprint density at radius 2 is 1.65 bits per heavy atom. The first-order valence-corrected chi connectivity index (χ1v) is 6.53. The number of methoxy groups -OCH3 is 1. The average Bonchev–Trinajstić information content (AvgIpc) is 2.31. The molecule has 0 spiro atoms. The van der Waals surface area contributed by atoms with E-state index in [9.17, 15) is 0 Å². The van der Waals surface area contributed by atoms with Gasteiger partial charge < -0.3 is 9.64 Å². The standard InChI is InChI=1S/C13H19NO.C2H6/c1-10-4-6-11(7-5-10)14(2)12-8-13(9-12)15-3;1-2/h4-7,12-13H,8-9H2,1-3H3;1-2H3. The molecular formula is C15H25NO. The molecule has 0 atom stereocenters. The number of hydrogen-bond donors (Lipinski definition) is 0. The molecule has 0 aromatic heterocycles. The number of nitrogens with zero attached hydrogens (tertiary/aromatic N) is 1. The molecule has 0 saturated heterocycles. The number of anilines is 1. The van der Waals surface area contributed by atoms with Crippen LogP contribution in [0.1, 0.15) is 32.3 Å². The van der Waals surface area contributed by atoms with Crippen molar-refractivity contribution in [3.05, 3.63) is 29.8 Å². The van der Waals surface area contributed by atoms with Gasteiger partial charge in [0.1, 0.15) is 0 Å². The summed E-state index contributed by atoms with van der Waals surface area (Å²) in [4.78, 5) is 2.36. The molecule has 1 aliphatic rings. The SMILES string of the molecule is CC.COC1CC(N(C)c2ccc(C)cc2)C1. The van der Waals surface area contributed by atoms with E-state index >= 15 is 0 Å². The average molecular weight is 235 g/mol. The van der Waals surface area contributed by atoms with Gasteiger partial charge in [-0.05, 0) is 31.9 Å². The van der Waals surface area contributed by atoms with Gasteiger partial charge in [0.05, 0.1) is 6.10 Å². The zero-order valence-corrected chi connectivity index (χ0v) is 11.7. The second-order valence-corrected chi connectivity index (χ2v) is 4.43. The van der Waals surface area contributed by atoms with Gasteiger partial charge in [-0.1, -0.05) is 31.5 Å². The molecule has 0 heterocycles. The molecule has 2 nitrogen and oxygen atoms in total. The summed E-state index contributed by atoms with van der Waals surface area (Å²) in [7, 11) is 3.97. The maximum atomic E-state index is 5.29. The van der Waals surface area contributed by atoms with E-state index in [4.69, 9.17) is 4.74 Å². The van der Waals surface area contributed by atoms with Crippen LogP contribution in [0.4, 0.5) is 5.69 Å². The lowest BCUT2D eigenvalue weighted by Gasteiger charge is -2.41. The van der Waals surface area contributed by atoms with Gasteiger partial charge in [-0.25, -0.2) is 0 Å². The lowest BCUT2D eigenvalue weighted by molar-refractivity contribution is 0.0266. The largest absolute Gasteiger partial charge is 0.381 e. The Balaban J connectivity index is 0.000000686. The van der Waals surface area contributed by atoms with Gasteiger partial charge in [0.25, 0.3) is 0 Å². The van der Waals surface area contributed by atoms with E-state index in [-0.39, 0.29) is 0 Å². The maximum absolute atomic E-state index is 5.29. The molecule has 2 rings (SSSR count). The van der Waals surface area contributed by atoms with Crippen molar-refractivity contribution in [1.82, 2.24) is 0 Å². The molecule has 1 aromatic rings. The summed E-state index contributed by atoms with van der Waals surface area (Å²) in [5.41, 5.74) is 2.62. The second kappa shape index (κ2) is 6.65. The van der Waals surface area contributed by atoms with Crippen LogP contribution in [0.2, 0.25) is 0 Å². The molecule has 1 fully saturated rings. The molecule has 0 unspecified atom stereocenters. The van der Waals surface area contributed by atoms with Gasteiger partial charge in [0.15, 0.2) is 0 Å². The summed E-state index contributed by atoms with van der Waals surface area (Å²) in [6.45, 7) is 6.12. The molecule has 0 amide bonds. The highest BCUT2D eigenvalue weighted by atomic mass is 16.5. The minimum atomic E-state index is 0.475. The Morgan fingerprint density at radius 3 is 2.12 bits per heavy atom. The predicted octanol–water partition coefficient (Wildman–Crippen LogP) is 3.63. The Morgan fingerprint density at radius 1 is 1.12 bits per heavy atom. The Kier molecular flexibility index (Phi) is 5.49. The first-order chi connectivity index (χ1) is 8.20. The lowest BCUT2D eigenvalue weighted by atomic mass is 9.88. The van der Waals surface area contributed by atoms with Crippen LogP contribution in [0.15, 0.2) is 24.3 Å². The van der Waals surface area contributed by atoms with Crippen molar-refractivity contribution in [2.75, 3.05) is 19.1 Å². The Bertz CT molecular complexity index is 314. The number of ether oxygens (including phenoxy) is 1. The van der Waals surface area contributed by atoms with Crippen LogP contribution in [0.5, 0.6) is 0 Å². The number of rotatable bonds is 3. The van der Waals surface area contributed by atoms with Crippen molar-refractivity contribution >= 4 is 5.69 Å². The van der Waals surface area contributed by atoms with Crippen molar-refractivity contribution in [1.29, 1.82) is 0 Å². The first kappa shape index (κ1) is 14.0. The summed E-state index contributed by atoms with van der Waals surface area (Å²) in [5, 5.41) is 0. The van der Waals surface area contributed by atoms with E-state index in [2.05, 4.69) is 43.1 Å². The van der Waals surface area contributed by atoms with E-state index in [1.165, 1.54) is 11.3 Å². The minimum absolute atomic E-state index is 0.475. The first-order valence-electron chi connectivity index (χ1n) is 6.53. The quantitative estimate of drug-likeness (QED) is 0.793. The van der Waals surface area contributed by atoms with Crippen molar-refractivity contribution in [2.45, 2.75) is 45.8 Å². The molecule has 0 aliphatic heterocycles. The third-order valence-corrected chi connectivity index (χ3v) is 3.39. The predicted molar refractivity (Wildman–Crippen MR) is 74.7 cm³/mol. The van der Waals surface area contributed by atoms with E-state index in [1.807, 2.05) is 13.8 Å². The van der Waals surface area contributed by atoms with Crippen LogP contribution in [-0.4, -0.2) is 26.3 Å². The number of aryl methyl sites for hydroxylation is 1. The molecule has 96 valence electrons. The maximum Gasteiger partial charge on any atom is 0.0610 e. The van der Waals surface area contributed by atoms with Gasteiger partial charge in [-0.2, -0.15) is 0 Å². The smallest absolute Gasteiger partial charge is 0.0610 e. The molecule has 1 saturated carbocycles. The fourth-order valence-corrected chi connectivity index (χ4v) is 2.04. The molecule has 1 aromatic carbocycles. The fraction of sp³-hybridized carbons (Fsp3) is 0.600. The molecular weight excluding hydrogens is 210 g/mol. The summed E-state index contributed by atoms with van der Waals surface area (Å²) in [6.07, 6.45) is 2.78. The van der Waals surface area contributed by atoms with Crippen LogP contribution < -0.4 is 4.90 Å². The van der Waals surface area contributed by atoms with Crippen LogP contribution in [0.25, 0.3) is 0 Å². The molecule has 2 heteroatoms. The molecule has 1 aliphatic carbocycles. The van der Waals surface area contributed by atoms with Gasteiger partial charge >= 0.3 is 0 Å². The zero-order valence-electron chi connectivity index (χ0n) is 11.7. The highest BCUT2D eigenvalue weighted by Crippen LogP contribution is 2.30. The highest BCUT2D eigenvalue weighted by Gasteiger charge is 2.31. The number of benzene rings is 1. The van der Waals surface area contributed by atoms with Gasteiger partial charge in [-0.15, -0.1) is 0 Å². The van der Waals surface area contributed by atoms with Gasteiger partial charge in [0.2, 0.25) is 0 Å². The summed E-state index contributed by atoms with van der Waals surface area (Å²) in [5.74, 6) is 0. The molecule has 17 heavy (non-hydrogen) atoms. The van der Waals surface area contributed by atoms with E-state index in [0.717, 1.165) is 12.8 Å². The monoisotopic (exact) mass is 235 g/mol. The van der Waals surface area contributed by atoms with Crippen molar-refractivity contribution < 1.29 is 4.74 Å². The third kappa shape index (κ3) is 3.47. The Hall–Kier alpha value is -1.02. The molecule has 0 radical (unpaired) electrons. The van der Waals surface area contributed by atoms with Crippen molar-refractivity contribution in [3.8, 4) is 0 Å². The Labute approximate surface area is 106 Å². The van der Waals surface area contributed by atoms with Crippen molar-refractivity contribution in [3.63, 3.8) is 0 Å². The summed E-state index contributed by atoms with van der Waals surface area (Å²) in [6, 6.07) is 9.36. The van der Waals surface area contributed by atoms with Gasteiger partial charge in [0, 0.05) is 25.9 Å². The van der Waals surface area contributed by atoms with Crippen molar-refractivity contribution in [2.24, 2.45) is 0 Å². The van der Waals surface area contributed by atoms with Crippen LogP contribution >= 0.6 is 0 Å². The normalized spacial score (nSPS) is 22.2. The third-order valence-electron chi connectivity index (χ3n) is 3.39. The van der Waals surface area contributed by atoms with E-state index in [0.29, 0.717) is 12.1 Å². The van der Waals surface area contributed by atoms with Gasteiger partial charge in [-0.3, -0.25) is 0 Å². The highest BCUT2D eigenvalue weighted by molar-refractivity contribution is 5.48. The van der Waals surface area contributed by atoms with Crippen LogP contribution in [0, 0.1) is 6.92 Å². The second-order valence-electron chi connectivity index (χ2n) is 4.43. The van der Waals surface area contributed by atoms with E-state index in [1.54, 1.807) is 7.11 Å². The summed E-state index contributed by atoms with van der Waals surface area (Å²) < 4.78 is 5.29.